The summed E-state index contributed by atoms with van der Waals surface area (Å²) < 4.78 is 20.9. The van der Waals surface area contributed by atoms with Crippen molar-refractivity contribution in [3.05, 3.63) is 23.3 Å². The van der Waals surface area contributed by atoms with Crippen LogP contribution in [-0.4, -0.2) is 57.2 Å². The van der Waals surface area contributed by atoms with Gasteiger partial charge in [-0.2, -0.15) is 0 Å². The fourth-order valence-corrected chi connectivity index (χ4v) is 3.47. The predicted molar refractivity (Wildman–Crippen MR) is 115 cm³/mol. The zero-order chi connectivity index (χ0) is 22.8. The Balaban J connectivity index is 1.96. The van der Waals surface area contributed by atoms with Gasteiger partial charge in [0.1, 0.15) is 0 Å². The number of likely N-dealkylation sites (tertiary alicyclic amines) is 1. The Bertz CT molecular complexity index is 806. The molecule has 2 amide bonds. The third-order valence-electron chi connectivity index (χ3n) is 5.01. The number of benzene rings is 1. The molecule has 0 atom stereocenters. The minimum atomic E-state index is -0.273. The number of amides is 2. The molecule has 1 fully saturated rings. The van der Waals surface area contributed by atoms with Crippen LogP contribution in [0, 0.1) is 0 Å². The van der Waals surface area contributed by atoms with Crippen LogP contribution in [0.3, 0.4) is 0 Å². The van der Waals surface area contributed by atoms with Crippen molar-refractivity contribution < 1.29 is 33.3 Å². The maximum Gasteiger partial charge on any atom is 0.305 e. The second-order valence-corrected chi connectivity index (χ2v) is 7.12. The number of ether oxygens (including phenoxy) is 4. The highest BCUT2D eigenvalue weighted by molar-refractivity contribution is 6.15. The maximum atomic E-state index is 12.7. The van der Waals surface area contributed by atoms with E-state index in [-0.39, 0.29) is 24.2 Å². The first kappa shape index (κ1) is 24.2. The van der Waals surface area contributed by atoms with Crippen LogP contribution < -0.4 is 14.2 Å². The van der Waals surface area contributed by atoms with Crippen molar-refractivity contribution in [3.63, 3.8) is 0 Å². The average molecular weight is 434 g/mol. The molecule has 0 aliphatic carbocycles. The smallest absolute Gasteiger partial charge is 0.305 e. The Hall–Kier alpha value is -3.03. The molecule has 1 heterocycles. The molecule has 170 valence electrons. The van der Waals surface area contributed by atoms with Gasteiger partial charge in [-0.1, -0.05) is 12.8 Å². The topological polar surface area (TPSA) is 91.4 Å². The lowest BCUT2D eigenvalue weighted by atomic mass is 10.1. The van der Waals surface area contributed by atoms with Crippen LogP contribution in [0.25, 0.3) is 6.08 Å². The molecule has 0 spiro atoms. The van der Waals surface area contributed by atoms with Crippen LogP contribution in [0.2, 0.25) is 0 Å². The largest absolute Gasteiger partial charge is 0.493 e. The number of esters is 1. The standard InChI is InChI=1S/C23H31NO7/c1-5-31-21(26)10-8-6-7-9-11-24-20(25)15-17(23(24)27)12-16-13-18(28-2)22(30-4)19(14-16)29-3/h12-14H,5-11,15H2,1-4H3/b17-12+. The van der Waals surface area contributed by atoms with E-state index in [1.807, 2.05) is 0 Å². The minimum absolute atomic E-state index is 0.0678. The van der Waals surface area contributed by atoms with Gasteiger partial charge in [-0.05, 0) is 43.5 Å². The molecule has 0 bridgehead atoms. The molecule has 1 aromatic carbocycles. The number of carbonyl (C=O) groups excluding carboxylic acids is 3. The molecule has 0 aromatic heterocycles. The van der Waals surface area contributed by atoms with Crippen LogP contribution in [0.4, 0.5) is 0 Å². The third kappa shape index (κ3) is 6.47. The van der Waals surface area contributed by atoms with Gasteiger partial charge in [0.15, 0.2) is 11.5 Å². The van der Waals surface area contributed by atoms with Crippen molar-refractivity contribution in [1.82, 2.24) is 4.90 Å². The number of methoxy groups -OCH3 is 3. The average Bonchev–Trinajstić information content (AvgIpc) is 3.02. The van der Waals surface area contributed by atoms with Gasteiger partial charge in [-0.25, -0.2) is 0 Å². The molecule has 0 radical (unpaired) electrons. The van der Waals surface area contributed by atoms with Crippen molar-refractivity contribution in [2.75, 3.05) is 34.5 Å². The molecule has 31 heavy (non-hydrogen) atoms. The normalized spacial score (nSPS) is 14.8. The summed E-state index contributed by atoms with van der Waals surface area (Å²) in [4.78, 5) is 37.7. The van der Waals surface area contributed by atoms with Crippen molar-refractivity contribution in [2.24, 2.45) is 0 Å². The molecule has 8 heteroatoms. The summed E-state index contributed by atoms with van der Waals surface area (Å²) in [7, 11) is 4.56. The van der Waals surface area contributed by atoms with Crippen LogP contribution >= 0.6 is 0 Å². The fraction of sp³-hybridized carbons (Fsp3) is 0.522. The molecule has 0 saturated carbocycles. The number of hydrogen-bond donors (Lipinski definition) is 0. The number of imide groups is 1. The first-order valence-electron chi connectivity index (χ1n) is 10.5. The lowest BCUT2D eigenvalue weighted by Gasteiger charge is -2.14. The van der Waals surface area contributed by atoms with E-state index in [0.29, 0.717) is 54.4 Å². The van der Waals surface area contributed by atoms with E-state index in [1.54, 1.807) is 25.1 Å². The number of unbranched alkanes of at least 4 members (excludes halogenated alkanes) is 3. The van der Waals surface area contributed by atoms with Gasteiger partial charge < -0.3 is 18.9 Å². The Morgan fingerprint density at radius 3 is 2.23 bits per heavy atom. The van der Waals surface area contributed by atoms with E-state index in [4.69, 9.17) is 18.9 Å². The van der Waals surface area contributed by atoms with Gasteiger partial charge in [0, 0.05) is 18.5 Å². The monoisotopic (exact) mass is 433 g/mol. The van der Waals surface area contributed by atoms with Crippen molar-refractivity contribution in [3.8, 4) is 17.2 Å². The summed E-state index contributed by atoms with van der Waals surface area (Å²) in [5.74, 6) is 0.760. The lowest BCUT2D eigenvalue weighted by Crippen LogP contribution is -2.30. The lowest BCUT2D eigenvalue weighted by molar-refractivity contribution is -0.143. The first-order chi connectivity index (χ1) is 14.9. The summed E-state index contributed by atoms with van der Waals surface area (Å²) in [6.07, 6.45) is 5.29. The van der Waals surface area contributed by atoms with Crippen LogP contribution in [-0.2, 0) is 19.1 Å². The number of nitrogens with zero attached hydrogens (tertiary/aromatic N) is 1. The fourth-order valence-electron chi connectivity index (χ4n) is 3.47. The van der Waals surface area contributed by atoms with Gasteiger partial charge >= 0.3 is 5.97 Å². The Labute approximate surface area is 183 Å². The number of rotatable bonds is 12. The maximum absolute atomic E-state index is 12.7. The highest BCUT2D eigenvalue weighted by Crippen LogP contribution is 2.39. The van der Waals surface area contributed by atoms with E-state index in [1.165, 1.54) is 26.2 Å². The third-order valence-corrected chi connectivity index (χ3v) is 5.01. The van der Waals surface area contributed by atoms with Gasteiger partial charge in [0.05, 0.1) is 34.4 Å². The summed E-state index contributed by atoms with van der Waals surface area (Å²) >= 11 is 0. The Morgan fingerprint density at radius 2 is 1.65 bits per heavy atom. The molecule has 0 N–H and O–H groups in total. The second kappa shape index (κ2) is 12.0. The molecule has 1 aliphatic heterocycles. The summed E-state index contributed by atoms with van der Waals surface area (Å²) in [6.45, 7) is 2.56. The molecular formula is C23H31NO7. The SMILES string of the molecule is CCOC(=O)CCCCCCN1C(=O)C/C(=C\c2cc(OC)c(OC)c(OC)c2)C1=O. The number of hydrogen-bond acceptors (Lipinski definition) is 7. The molecule has 8 nitrogen and oxygen atoms in total. The highest BCUT2D eigenvalue weighted by Gasteiger charge is 2.33. The number of carbonyl (C=O) groups is 3. The molecule has 1 aliphatic rings. The van der Waals surface area contributed by atoms with Crippen molar-refractivity contribution in [1.29, 1.82) is 0 Å². The molecule has 2 rings (SSSR count). The first-order valence-corrected chi connectivity index (χ1v) is 10.5. The summed E-state index contributed by atoms with van der Waals surface area (Å²) in [5, 5.41) is 0. The molecule has 1 saturated heterocycles. The molecule has 0 unspecified atom stereocenters. The van der Waals surface area contributed by atoms with Gasteiger partial charge in [-0.15, -0.1) is 0 Å². The second-order valence-electron chi connectivity index (χ2n) is 7.12. The van der Waals surface area contributed by atoms with E-state index < -0.39 is 0 Å². The quantitative estimate of drug-likeness (QED) is 0.216. The van der Waals surface area contributed by atoms with E-state index >= 15 is 0 Å². The van der Waals surface area contributed by atoms with Gasteiger partial charge in [0.25, 0.3) is 5.91 Å². The Kier molecular flexibility index (Phi) is 9.37. The summed E-state index contributed by atoms with van der Waals surface area (Å²) in [5.41, 5.74) is 1.12. The van der Waals surface area contributed by atoms with Crippen LogP contribution in [0.5, 0.6) is 17.2 Å². The minimum Gasteiger partial charge on any atom is -0.493 e. The zero-order valence-electron chi connectivity index (χ0n) is 18.7. The van der Waals surface area contributed by atoms with Gasteiger partial charge in [-0.3, -0.25) is 19.3 Å². The highest BCUT2D eigenvalue weighted by atomic mass is 16.5. The van der Waals surface area contributed by atoms with Crippen LogP contribution in [0.15, 0.2) is 17.7 Å². The van der Waals surface area contributed by atoms with E-state index in [0.717, 1.165) is 19.3 Å². The molecule has 1 aromatic rings. The summed E-state index contributed by atoms with van der Waals surface area (Å²) in [6, 6.07) is 3.47. The molecular weight excluding hydrogens is 402 g/mol. The van der Waals surface area contributed by atoms with E-state index in [2.05, 4.69) is 0 Å². The van der Waals surface area contributed by atoms with Crippen LogP contribution in [0.1, 0.15) is 51.0 Å². The predicted octanol–water partition coefficient (Wildman–Crippen LogP) is 3.37. The van der Waals surface area contributed by atoms with Crippen molar-refractivity contribution in [2.45, 2.75) is 45.4 Å². The van der Waals surface area contributed by atoms with Gasteiger partial charge in [0.2, 0.25) is 11.7 Å². The van der Waals surface area contributed by atoms with Crippen molar-refractivity contribution >= 4 is 23.9 Å². The van der Waals surface area contributed by atoms with E-state index in [9.17, 15) is 14.4 Å². The zero-order valence-corrected chi connectivity index (χ0v) is 18.7. The Morgan fingerprint density at radius 1 is 1.00 bits per heavy atom.